The summed E-state index contributed by atoms with van der Waals surface area (Å²) >= 11 is 0. The lowest BCUT2D eigenvalue weighted by atomic mass is 10.1. The van der Waals surface area contributed by atoms with Crippen LogP contribution in [0.25, 0.3) is 0 Å². The normalized spacial score (nSPS) is 19.9. The molecule has 1 aliphatic rings. The summed E-state index contributed by atoms with van der Waals surface area (Å²) in [6.07, 6.45) is 6.38. The van der Waals surface area contributed by atoms with Crippen molar-refractivity contribution >= 4 is 5.95 Å². The summed E-state index contributed by atoms with van der Waals surface area (Å²) in [4.78, 5) is 6.65. The Bertz CT molecular complexity index is 286. The topological polar surface area (TPSA) is 33.1 Å². The largest absolute Gasteiger partial charge is 0.359 e. The van der Waals surface area contributed by atoms with E-state index in [-0.39, 0.29) is 0 Å². The van der Waals surface area contributed by atoms with Gasteiger partial charge >= 0.3 is 0 Å². The molecular weight excluding hydrogens is 176 g/mol. The molecule has 1 aromatic heterocycles. The quantitative estimate of drug-likeness (QED) is 0.767. The SMILES string of the molecule is CNc1nccn1C1CCN(C)CC1. The summed E-state index contributed by atoms with van der Waals surface area (Å²) in [7, 11) is 4.11. The standard InChI is InChI=1S/C10H18N4/c1-11-10-12-5-8-14(10)9-3-6-13(2)7-4-9/h5,8-9H,3-4,6-7H2,1-2H3,(H,11,12). The number of rotatable bonds is 2. The van der Waals surface area contributed by atoms with Crippen molar-refractivity contribution in [2.75, 3.05) is 32.5 Å². The fourth-order valence-corrected chi connectivity index (χ4v) is 2.07. The highest BCUT2D eigenvalue weighted by Crippen LogP contribution is 2.24. The van der Waals surface area contributed by atoms with Crippen LogP contribution in [0.1, 0.15) is 18.9 Å². The molecule has 0 saturated carbocycles. The molecule has 4 heteroatoms. The van der Waals surface area contributed by atoms with Gasteiger partial charge in [-0.2, -0.15) is 0 Å². The molecule has 0 amide bonds. The number of piperidine rings is 1. The molecule has 1 saturated heterocycles. The molecule has 0 spiro atoms. The highest BCUT2D eigenvalue weighted by atomic mass is 15.2. The molecule has 0 aromatic carbocycles. The highest BCUT2D eigenvalue weighted by molar-refractivity contribution is 5.25. The molecule has 4 nitrogen and oxygen atoms in total. The molecule has 0 aliphatic carbocycles. The van der Waals surface area contributed by atoms with Crippen molar-refractivity contribution in [3.63, 3.8) is 0 Å². The minimum absolute atomic E-state index is 0.621. The zero-order valence-electron chi connectivity index (χ0n) is 8.90. The number of nitrogens with zero attached hydrogens (tertiary/aromatic N) is 3. The first kappa shape index (κ1) is 9.52. The lowest BCUT2D eigenvalue weighted by Gasteiger charge is -2.30. The number of hydrogen-bond donors (Lipinski definition) is 1. The summed E-state index contributed by atoms with van der Waals surface area (Å²) in [6.45, 7) is 2.37. The Morgan fingerprint density at radius 2 is 2.14 bits per heavy atom. The van der Waals surface area contributed by atoms with E-state index >= 15 is 0 Å². The third kappa shape index (κ3) is 1.75. The average Bonchev–Trinajstić information content (AvgIpc) is 2.67. The molecule has 1 N–H and O–H groups in total. The Kier molecular flexibility index (Phi) is 2.72. The monoisotopic (exact) mass is 194 g/mol. The van der Waals surface area contributed by atoms with Crippen molar-refractivity contribution in [2.24, 2.45) is 0 Å². The van der Waals surface area contributed by atoms with Gasteiger partial charge in [-0.25, -0.2) is 4.98 Å². The number of nitrogens with one attached hydrogen (secondary N) is 1. The second-order valence-corrected chi connectivity index (χ2v) is 3.94. The van der Waals surface area contributed by atoms with Gasteiger partial charge in [-0.05, 0) is 33.0 Å². The Hall–Kier alpha value is -1.03. The summed E-state index contributed by atoms with van der Waals surface area (Å²) in [5.41, 5.74) is 0. The molecule has 2 rings (SSSR count). The fraction of sp³-hybridized carbons (Fsp3) is 0.700. The number of imidazole rings is 1. The fourth-order valence-electron chi connectivity index (χ4n) is 2.07. The van der Waals surface area contributed by atoms with Crippen molar-refractivity contribution in [3.05, 3.63) is 12.4 Å². The van der Waals surface area contributed by atoms with E-state index in [4.69, 9.17) is 0 Å². The molecule has 78 valence electrons. The van der Waals surface area contributed by atoms with Gasteiger partial charge < -0.3 is 14.8 Å². The second kappa shape index (κ2) is 4.00. The zero-order valence-corrected chi connectivity index (χ0v) is 8.90. The Labute approximate surface area is 84.9 Å². The van der Waals surface area contributed by atoms with E-state index in [1.54, 1.807) is 0 Å². The van der Waals surface area contributed by atoms with Gasteiger partial charge in [-0.15, -0.1) is 0 Å². The van der Waals surface area contributed by atoms with Crippen LogP contribution >= 0.6 is 0 Å². The smallest absolute Gasteiger partial charge is 0.202 e. The highest BCUT2D eigenvalue weighted by Gasteiger charge is 2.19. The first-order chi connectivity index (χ1) is 6.81. The molecule has 1 fully saturated rings. The zero-order chi connectivity index (χ0) is 9.97. The van der Waals surface area contributed by atoms with Gasteiger partial charge in [0, 0.05) is 25.5 Å². The van der Waals surface area contributed by atoms with Gasteiger partial charge in [0.05, 0.1) is 0 Å². The van der Waals surface area contributed by atoms with E-state index in [2.05, 4.69) is 33.0 Å². The van der Waals surface area contributed by atoms with Crippen LogP contribution in [0.3, 0.4) is 0 Å². The predicted octanol–water partition coefficient (Wildman–Crippen LogP) is 1.19. The van der Waals surface area contributed by atoms with Crippen molar-refractivity contribution in [1.82, 2.24) is 14.5 Å². The lowest BCUT2D eigenvalue weighted by molar-refractivity contribution is 0.222. The van der Waals surface area contributed by atoms with Crippen LogP contribution in [0, 0.1) is 0 Å². The van der Waals surface area contributed by atoms with Gasteiger partial charge in [-0.1, -0.05) is 0 Å². The average molecular weight is 194 g/mol. The van der Waals surface area contributed by atoms with Gasteiger partial charge in [0.1, 0.15) is 0 Å². The predicted molar refractivity (Wildman–Crippen MR) is 57.5 cm³/mol. The van der Waals surface area contributed by atoms with Crippen molar-refractivity contribution in [2.45, 2.75) is 18.9 Å². The minimum Gasteiger partial charge on any atom is -0.359 e. The summed E-state index contributed by atoms with van der Waals surface area (Å²) in [6, 6.07) is 0.621. The number of anilines is 1. The summed E-state index contributed by atoms with van der Waals surface area (Å²) in [5, 5.41) is 3.12. The third-order valence-electron chi connectivity index (χ3n) is 2.97. The molecule has 14 heavy (non-hydrogen) atoms. The number of aromatic nitrogens is 2. The first-order valence-electron chi connectivity index (χ1n) is 5.20. The van der Waals surface area contributed by atoms with Gasteiger partial charge in [-0.3, -0.25) is 0 Å². The van der Waals surface area contributed by atoms with Crippen molar-refractivity contribution < 1.29 is 0 Å². The van der Waals surface area contributed by atoms with Gasteiger partial charge in [0.2, 0.25) is 5.95 Å². The summed E-state index contributed by atoms with van der Waals surface area (Å²) in [5.74, 6) is 0.986. The number of hydrogen-bond acceptors (Lipinski definition) is 3. The van der Waals surface area contributed by atoms with Crippen LogP contribution in [-0.4, -0.2) is 41.6 Å². The first-order valence-corrected chi connectivity index (χ1v) is 5.20. The maximum atomic E-state index is 4.27. The van der Waals surface area contributed by atoms with Gasteiger partial charge in [0.25, 0.3) is 0 Å². The number of likely N-dealkylation sites (tertiary alicyclic amines) is 1. The Balaban J connectivity index is 2.08. The van der Waals surface area contributed by atoms with Gasteiger partial charge in [0.15, 0.2) is 0 Å². The van der Waals surface area contributed by atoms with Crippen LogP contribution in [0.15, 0.2) is 12.4 Å². The maximum Gasteiger partial charge on any atom is 0.202 e. The van der Waals surface area contributed by atoms with Crippen molar-refractivity contribution in [3.8, 4) is 0 Å². The van der Waals surface area contributed by atoms with E-state index in [1.807, 2.05) is 13.2 Å². The molecule has 0 bridgehead atoms. The van der Waals surface area contributed by atoms with Crippen molar-refractivity contribution in [1.29, 1.82) is 0 Å². The molecular formula is C10H18N4. The van der Waals surface area contributed by atoms with Crippen LogP contribution in [-0.2, 0) is 0 Å². The van der Waals surface area contributed by atoms with E-state index in [0.29, 0.717) is 6.04 Å². The van der Waals surface area contributed by atoms with Crippen LogP contribution < -0.4 is 5.32 Å². The molecule has 1 aliphatic heterocycles. The molecule has 2 heterocycles. The van der Waals surface area contributed by atoms with E-state index in [1.165, 1.54) is 25.9 Å². The third-order valence-corrected chi connectivity index (χ3v) is 2.97. The van der Waals surface area contributed by atoms with E-state index < -0.39 is 0 Å². The van der Waals surface area contributed by atoms with E-state index in [9.17, 15) is 0 Å². The molecule has 0 unspecified atom stereocenters. The lowest BCUT2D eigenvalue weighted by Crippen LogP contribution is -2.31. The summed E-state index contributed by atoms with van der Waals surface area (Å²) < 4.78 is 2.26. The Morgan fingerprint density at radius 1 is 1.43 bits per heavy atom. The Morgan fingerprint density at radius 3 is 2.79 bits per heavy atom. The second-order valence-electron chi connectivity index (χ2n) is 3.94. The molecule has 0 atom stereocenters. The van der Waals surface area contributed by atoms with Crippen LogP contribution in [0.5, 0.6) is 0 Å². The maximum absolute atomic E-state index is 4.27. The molecule has 1 aromatic rings. The molecule has 0 radical (unpaired) electrons. The minimum atomic E-state index is 0.621. The van der Waals surface area contributed by atoms with Crippen LogP contribution in [0.2, 0.25) is 0 Å². The van der Waals surface area contributed by atoms with Crippen LogP contribution in [0.4, 0.5) is 5.95 Å². The van der Waals surface area contributed by atoms with E-state index in [0.717, 1.165) is 5.95 Å².